The largest absolute Gasteiger partial charge is 0.316 e. The molecule has 0 bridgehead atoms. The van der Waals surface area contributed by atoms with Gasteiger partial charge in [0.1, 0.15) is 12.2 Å². The molecule has 0 saturated carbocycles. The highest BCUT2D eigenvalue weighted by Crippen LogP contribution is 2.12. The molecule has 2 aromatic rings. The van der Waals surface area contributed by atoms with Crippen molar-refractivity contribution < 1.29 is 0 Å². The lowest BCUT2D eigenvalue weighted by Crippen LogP contribution is -2.31. The van der Waals surface area contributed by atoms with Crippen LogP contribution in [0, 0.1) is 0 Å². The summed E-state index contributed by atoms with van der Waals surface area (Å²) < 4.78 is 1.81. The van der Waals surface area contributed by atoms with E-state index in [4.69, 9.17) is 11.6 Å². The van der Waals surface area contributed by atoms with Crippen LogP contribution in [0.5, 0.6) is 0 Å². The standard InChI is InChI=1S/C13H17ClN4/c1-15-12(8-13-16-9-17-18(13)2)7-10-3-5-11(14)6-4-10/h3-6,9,12,15H,7-8H2,1-2H3. The van der Waals surface area contributed by atoms with Crippen molar-refractivity contribution in [1.82, 2.24) is 20.1 Å². The molecular weight excluding hydrogens is 248 g/mol. The maximum atomic E-state index is 5.88. The number of hydrogen-bond donors (Lipinski definition) is 1. The molecule has 1 aromatic heterocycles. The molecule has 0 aliphatic heterocycles. The van der Waals surface area contributed by atoms with Gasteiger partial charge in [-0.1, -0.05) is 23.7 Å². The Kier molecular flexibility index (Phi) is 4.33. The highest BCUT2D eigenvalue weighted by Gasteiger charge is 2.11. The molecule has 1 unspecified atom stereocenters. The van der Waals surface area contributed by atoms with Gasteiger partial charge in [-0.3, -0.25) is 4.68 Å². The number of nitrogens with one attached hydrogen (secondary N) is 1. The summed E-state index contributed by atoms with van der Waals surface area (Å²) in [4.78, 5) is 4.25. The summed E-state index contributed by atoms with van der Waals surface area (Å²) in [5.74, 6) is 0.989. The van der Waals surface area contributed by atoms with E-state index in [0.29, 0.717) is 6.04 Å². The maximum Gasteiger partial charge on any atom is 0.138 e. The van der Waals surface area contributed by atoms with Crippen LogP contribution in [0.1, 0.15) is 11.4 Å². The van der Waals surface area contributed by atoms with Crippen LogP contribution in [0.25, 0.3) is 0 Å². The Labute approximate surface area is 112 Å². The van der Waals surface area contributed by atoms with Gasteiger partial charge in [-0.25, -0.2) is 4.98 Å². The van der Waals surface area contributed by atoms with Crippen molar-refractivity contribution in [1.29, 1.82) is 0 Å². The van der Waals surface area contributed by atoms with Gasteiger partial charge in [-0.05, 0) is 31.2 Å². The Morgan fingerprint density at radius 3 is 2.56 bits per heavy atom. The minimum Gasteiger partial charge on any atom is -0.316 e. The molecule has 4 nitrogen and oxygen atoms in total. The average Bonchev–Trinajstić information content (AvgIpc) is 2.77. The van der Waals surface area contributed by atoms with Crippen molar-refractivity contribution in [3.05, 3.63) is 47.0 Å². The summed E-state index contributed by atoms with van der Waals surface area (Å²) in [5.41, 5.74) is 1.26. The van der Waals surface area contributed by atoms with Crippen LogP contribution in [0.3, 0.4) is 0 Å². The summed E-state index contributed by atoms with van der Waals surface area (Å²) >= 11 is 5.88. The predicted octanol–water partition coefficient (Wildman–Crippen LogP) is 1.84. The number of hydrogen-bond acceptors (Lipinski definition) is 3. The number of rotatable bonds is 5. The second kappa shape index (κ2) is 5.98. The Hall–Kier alpha value is -1.39. The monoisotopic (exact) mass is 264 g/mol. The first-order chi connectivity index (χ1) is 8.69. The number of nitrogens with zero attached hydrogens (tertiary/aromatic N) is 3. The molecule has 0 fully saturated rings. The zero-order chi connectivity index (χ0) is 13.0. The third-order valence-corrected chi connectivity index (χ3v) is 3.29. The van der Waals surface area contributed by atoms with Gasteiger partial charge in [0, 0.05) is 24.5 Å². The van der Waals surface area contributed by atoms with Crippen molar-refractivity contribution in [3.63, 3.8) is 0 Å². The molecule has 1 aromatic carbocycles. The van der Waals surface area contributed by atoms with E-state index in [-0.39, 0.29) is 0 Å². The van der Waals surface area contributed by atoms with Crippen LogP contribution < -0.4 is 5.32 Å². The molecule has 0 aliphatic rings. The molecule has 2 rings (SSSR count). The van der Waals surface area contributed by atoms with Gasteiger partial charge >= 0.3 is 0 Å². The Balaban J connectivity index is 2.01. The van der Waals surface area contributed by atoms with Crippen LogP contribution >= 0.6 is 11.6 Å². The van der Waals surface area contributed by atoms with Crippen LogP contribution in [0.2, 0.25) is 5.02 Å². The minimum absolute atomic E-state index is 0.342. The fourth-order valence-corrected chi connectivity index (χ4v) is 2.03. The second-order valence-corrected chi connectivity index (χ2v) is 4.76. The van der Waals surface area contributed by atoms with E-state index in [9.17, 15) is 0 Å². The maximum absolute atomic E-state index is 5.88. The molecule has 0 radical (unpaired) electrons. The zero-order valence-corrected chi connectivity index (χ0v) is 11.4. The Morgan fingerprint density at radius 1 is 1.28 bits per heavy atom. The Bertz CT molecular complexity index is 492. The number of benzene rings is 1. The first-order valence-corrected chi connectivity index (χ1v) is 6.31. The molecule has 5 heteroatoms. The lowest BCUT2D eigenvalue weighted by Gasteiger charge is -2.15. The topological polar surface area (TPSA) is 42.7 Å². The molecule has 0 spiro atoms. The van der Waals surface area contributed by atoms with Crippen molar-refractivity contribution in [2.24, 2.45) is 7.05 Å². The molecule has 1 N–H and O–H groups in total. The fraction of sp³-hybridized carbons (Fsp3) is 0.385. The lowest BCUT2D eigenvalue weighted by molar-refractivity contribution is 0.527. The number of likely N-dealkylation sites (N-methyl/N-ethyl adjacent to an activating group) is 1. The highest BCUT2D eigenvalue weighted by atomic mass is 35.5. The van der Waals surface area contributed by atoms with Crippen LogP contribution in [-0.2, 0) is 19.9 Å². The highest BCUT2D eigenvalue weighted by molar-refractivity contribution is 6.30. The normalized spacial score (nSPS) is 12.6. The number of halogens is 1. The van der Waals surface area contributed by atoms with E-state index in [1.54, 1.807) is 6.33 Å². The first-order valence-electron chi connectivity index (χ1n) is 5.93. The molecule has 0 amide bonds. The predicted molar refractivity (Wildman–Crippen MR) is 72.7 cm³/mol. The Morgan fingerprint density at radius 2 is 2.00 bits per heavy atom. The van der Waals surface area contributed by atoms with E-state index in [2.05, 4.69) is 27.5 Å². The van der Waals surface area contributed by atoms with E-state index in [1.165, 1.54) is 5.56 Å². The van der Waals surface area contributed by atoms with Gasteiger partial charge < -0.3 is 5.32 Å². The average molecular weight is 265 g/mol. The third kappa shape index (κ3) is 3.31. The van der Waals surface area contributed by atoms with E-state index in [1.807, 2.05) is 30.9 Å². The number of aromatic nitrogens is 3. The van der Waals surface area contributed by atoms with Crippen molar-refractivity contribution >= 4 is 11.6 Å². The summed E-state index contributed by atoms with van der Waals surface area (Å²) in [6.07, 6.45) is 3.39. The van der Waals surface area contributed by atoms with Crippen molar-refractivity contribution in [2.75, 3.05) is 7.05 Å². The third-order valence-electron chi connectivity index (χ3n) is 3.04. The van der Waals surface area contributed by atoms with Gasteiger partial charge in [0.25, 0.3) is 0 Å². The second-order valence-electron chi connectivity index (χ2n) is 4.32. The van der Waals surface area contributed by atoms with Gasteiger partial charge in [0.15, 0.2) is 0 Å². The summed E-state index contributed by atoms with van der Waals surface area (Å²) in [6, 6.07) is 8.30. The molecule has 1 atom stereocenters. The summed E-state index contributed by atoms with van der Waals surface area (Å²) in [7, 11) is 3.88. The molecule has 0 saturated heterocycles. The van der Waals surface area contributed by atoms with Gasteiger partial charge in [-0.15, -0.1) is 0 Å². The van der Waals surface area contributed by atoms with Gasteiger partial charge in [0.2, 0.25) is 0 Å². The van der Waals surface area contributed by atoms with Crippen molar-refractivity contribution in [2.45, 2.75) is 18.9 Å². The van der Waals surface area contributed by atoms with Crippen LogP contribution in [-0.4, -0.2) is 27.9 Å². The summed E-state index contributed by atoms with van der Waals surface area (Å²) in [5, 5.41) is 8.17. The van der Waals surface area contributed by atoms with Crippen molar-refractivity contribution in [3.8, 4) is 0 Å². The smallest absolute Gasteiger partial charge is 0.138 e. The van der Waals surface area contributed by atoms with Crippen LogP contribution in [0.4, 0.5) is 0 Å². The summed E-state index contributed by atoms with van der Waals surface area (Å²) in [6.45, 7) is 0. The molecule has 18 heavy (non-hydrogen) atoms. The van der Waals surface area contributed by atoms with Gasteiger partial charge in [-0.2, -0.15) is 5.10 Å². The van der Waals surface area contributed by atoms with Gasteiger partial charge in [0.05, 0.1) is 0 Å². The first kappa shape index (κ1) is 13.1. The van der Waals surface area contributed by atoms with E-state index >= 15 is 0 Å². The van der Waals surface area contributed by atoms with E-state index < -0.39 is 0 Å². The SMILES string of the molecule is CNC(Cc1ccc(Cl)cc1)Cc1ncnn1C. The molecule has 0 aliphatic carbocycles. The number of aryl methyl sites for hydroxylation is 1. The van der Waals surface area contributed by atoms with E-state index in [0.717, 1.165) is 23.7 Å². The quantitative estimate of drug-likeness (QED) is 0.896. The lowest BCUT2D eigenvalue weighted by atomic mass is 10.0. The molecular formula is C13H17ClN4. The van der Waals surface area contributed by atoms with Crippen LogP contribution in [0.15, 0.2) is 30.6 Å². The zero-order valence-electron chi connectivity index (χ0n) is 10.6. The fourth-order valence-electron chi connectivity index (χ4n) is 1.91. The molecule has 96 valence electrons. The minimum atomic E-state index is 0.342. The molecule has 1 heterocycles.